The first-order chi connectivity index (χ1) is 15.9. The predicted octanol–water partition coefficient (Wildman–Crippen LogP) is 6.22. The molecular formula is C27H21FO5. The van der Waals surface area contributed by atoms with Gasteiger partial charge in [-0.2, -0.15) is 0 Å². The van der Waals surface area contributed by atoms with Gasteiger partial charge in [-0.15, -0.1) is 0 Å². The first-order valence-electron chi connectivity index (χ1n) is 9.90. The smallest absolute Gasteiger partial charge is 0.338 e. The van der Waals surface area contributed by atoms with E-state index in [2.05, 4.69) is 17.9 Å². The van der Waals surface area contributed by atoms with E-state index in [-0.39, 0.29) is 11.3 Å². The van der Waals surface area contributed by atoms with Crippen LogP contribution in [0.3, 0.4) is 0 Å². The van der Waals surface area contributed by atoms with Crippen LogP contribution in [0.25, 0.3) is 22.3 Å². The summed E-state index contributed by atoms with van der Waals surface area (Å²) in [6, 6.07) is 19.0. The molecule has 166 valence electrons. The van der Waals surface area contributed by atoms with Gasteiger partial charge >= 0.3 is 11.9 Å². The van der Waals surface area contributed by atoms with E-state index in [1.165, 1.54) is 19.3 Å². The summed E-state index contributed by atoms with van der Waals surface area (Å²) < 4.78 is 29.7. The van der Waals surface area contributed by atoms with Crippen molar-refractivity contribution in [2.75, 3.05) is 0 Å². The van der Waals surface area contributed by atoms with Gasteiger partial charge in [-0.1, -0.05) is 49.6 Å². The van der Waals surface area contributed by atoms with Crippen LogP contribution in [0.4, 0.5) is 4.39 Å². The fourth-order valence-corrected chi connectivity index (χ4v) is 2.81. The molecule has 0 heterocycles. The van der Waals surface area contributed by atoms with Gasteiger partial charge in [0.1, 0.15) is 29.8 Å². The fraction of sp³-hybridized carbons (Fsp3) is 0.0370. The standard InChI is InChI=1S/C27H21FO5/c1-4-26(29)32-16-15-31-22-11-9-20(10-12-22)19-5-7-21(8-6-19)24-14-13-23(17-25(24)28)33-27(30)18(2)3/h4-17H,1-2H2,3H3/b16-15-. The third-order valence-electron chi connectivity index (χ3n) is 4.49. The van der Waals surface area contributed by atoms with Gasteiger partial charge in [0, 0.05) is 23.3 Å². The molecule has 3 aromatic carbocycles. The molecule has 0 amide bonds. The molecular weight excluding hydrogens is 423 g/mol. The quantitative estimate of drug-likeness (QED) is 0.179. The van der Waals surface area contributed by atoms with E-state index >= 15 is 0 Å². The van der Waals surface area contributed by atoms with Crippen LogP contribution in [-0.4, -0.2) is 11.9 Å². The van der Waals surface area contributed by atoms with Crippen LogP contribution >= 0.6 is 0 Å². The number of benzene rings is 3. The summed E-state index contributed by atoms with van der Waals surface area (Å²) in [7, 11) is 0. The maximum atomic E-state index is 14.6. The van der Waals surface area contributed by atoms with Crippen LogP contribution in [0.15, 0.2) is 104 Å². The first-order valence-corrected chi connectivity index (χ1v) is 9.90. The average molecular weight is 444 g/mol. The Morgan fingerprint density at radius 2 is 1.42 bits per heavy atom. The summed E-state index contributed by atoms with van der Waals surface area (Å²) in [5.74, 6) is -0.985. The summed E-state index contributed by atoms with van der Waals surface area (Å²) in [6.07, 6.45) is 3.44. The van der Waals surface area contributed by atoms with Crippen molar-refractivity contribution in [1.82, 2.24) is 0 Å². The maximum Gasteiger partial charge on any atom is 0.338 e. The molecule has 0 aliphatic heterocycles. The minimum atomic E-state index is -0.602. The van der Waals surface area contributed by atoms with Crippen molar-refractivity contribution in [3.05, 3.63) is 110 Å². The van der Waals surface area contributed by atoms with Crippen LogP contribution in [0, 0.1) is 5.82 Å². The Morgan fingerprint density at radius 3 is 2.00 bits per heavy atom. The molecule has 0 aromatic heterocycles. The highest BCUT2D eigenvalue weighted by molar-refractivity contribution is 5.88. The van der Waals surface area contributed by atoms with E-state index in [4.69, 9.17) is 9.47 Å². The van der Waals surface area contributed by atoms with Crippen LogP contribution in [-0.2, 0) is 14.3 Å². The topological polar surface area (TPSA) is 61.8 Å². The largest absolute Gasteiger partial charge is 0.462 e. The number of hydrogen-bond donors (Lipinski definition) is 0. The van der Waals surface area contributed by atoms with Crippen molar-refractivity contribution in [3.63, 3.8) is 0 Å². The van der Waals surface area contributed by atoms with Gasteiger partial charge in [0.05, 0.1) is 0 Å². The molecule has 0 spiro atoms. The third-order valence-corrected chi connectivity index (χ3v) is 4.49. The van der Waals surface area contributed by atoms with Crippen molar-refractivity contribution in [3.8, 4) is 33.8 Å². The van der Waals surface area contributed by atoms with Crippen LogP contribution < -0.4 is 9.47 Å². The highest BCUT2D eigenvalue weighted by atomic mass is 19.1. The number of rotatable bonds is 8. The fourth-order valence-electron chi connectivity index (χ4n) is 2.81. The number of ether oxygens (including phenoxy) is 3. The molecule has 0 radical (unpaired) electrons. The number of halogens is 1. The second-order valence-electron chi connectivity index (χ2n) is 6.94. The number of esters is 2. The average Bonchev–Trinajstić information content (AvgIpc) is 2.82. The Balaban J connectivity index is 1.67. The Labute approximate surface area is 191 Å². The Kier molecular flexibility index (Phi) is 7.55. The molecule has 5 nitrogen and oxygen atoms in total. The van der Waals surface area contributed by atoms with Crippen molar-refractivity contribution < 1.29 is 28.2 Å². The van der Waals surface area contributed by atoms with E-state index in [9.17, 15) is 14.0 Å². The van der Waals surface area contributed by atoms with Crippen LogP contribution in [0.1, 0.15) is 6.92 Å². The van der Waals surface area contributed by atoms with Gasteiger partial charge in [-0.3, -0.25) is 0 Å². The SMILES string of the molecule is C=CC(=O)O/C=C\Oc1ccc(-c2ccc(-c3ccc(OC(=O)C(=C)C)cc3F)cc2)cc1. The van der Waals surface area contributed by atoms with E-state index < -0.39 is 17.8 Å². The second-order valence-corrected chi connectivity index (χ2v) is 6.94. The van der Waals surface area contributed by atoms with Gasteiger partial charge in [-0.05, 0) is 47.9 Å². The van der Waals surface area contributed by atoms with Gasteiger partial charge in [-0.25, -0.2) is 14.0 Å². The molecule has 3 rings (SSSR count). The van der Waals surface area contributed by atoms with Gasteiger partial charge in [0.25, 0.3) is 0 Å². The Bertz CT molecular complexity index is 1210. The minimum Gasteiger partial charge on any atom is -0.462 e. The lowest BCUT2D eigenvalue weighted by molar-refractivity contribution is -0.132. The predicted molar refractivity (Wildman–Crippen MR) is 124 cm³/mol. The normalized spacial score (nSPS) is 10.5. The summed E-state index contributed by atoms with van der Waals surface area (Å²) in [4.78, 5) is 22.5. The maximum absolute atomic E-state index is 14.6. The van der Waals surface area contributed by atoms with E-state index in [0.29, 0.717) is 16.9 Å². The molecule has 0 atom stereocenters. The third kappa shape index (κ3) is 6.27. The molecule has 0 N–H and O–H groups in total. The van der Waals surface area contributed by atoms with Crippen molar-refractivity contribution >= 4 is 11.9 Å². The molecule has 0 fully saturated rings. The van der Waals surface area contributed by atoms with Crippen molar-refractivity contribution in [2.45, 2.75) is 6.92 Å². The van der Waals surface area contributed by atoms with Gasteiger partial charge in [0.15, 0.2) is 0 Å². The van der Waals surface area contributed by atoms with E-state index in [1.807, 2.05) is 36.4 Å². The molecule has 0 unspecified atom stereocenters. The van der Waals surface area contributed by atoms with Gasteiger partial charge in [0.2, 0.25) is 0 Å². The van der Waals surface area contributed by atoms with Gasteiger partial charge < -0.3 is 14.2 Å². The lowest BCUT2D eigenvalue weighted by Gasteiger charge is -2.09. The second kappa shape index (κ2) is 10.7. The minimum absolute atomic E-state index is 0.122. The summed E-state index contributed by atoms with van der Waals surface area (Å²) in [5, 5.41) is 0. The highest BCUT2D eigenvalue weighted by Gasteiger charge is 2.11. The molecule has 0 aliphatic rings. The lowest BCUT2D eigenvalue weighted by atomic mass is 10.00. The van der Waals surface area contributed by atoms with Crippen molar-refractivity contribution in [1.29, 1.82) is 0 Å². The summed E-state index contributed by atoms with van der Waals surface area (Å²) >= 11 is 0. The number of hydrogen-bond acceptors (Lipinski definition) is 5. The molecule has 0 bridgehead atoms. The molecule has 0 saturated carbocycles. The van der Waals surface area contributed by atoms with E-state index in [1.54, 1.807) is 24.3 Å². The molecule has 0 aliphatic carbocycles. The Hall–Kier alpha value is -4.45. The molecule has 3 aromatic rings. The highest BCUT2D eigenvalue weighted by Crippen LogP contribution is 2.29. The summed E-state index contributed by atoms with van der Waals surface area (Å²) in [6.45, 7) is 8.32. The number of carbonyl (C=O) groups is 2. The number of carbonyl (C=O) groups excluding carboxylic acids is 2. The van der Waals surface area contributed by atoms with Crippen LogP contribution in [0.2, 0.25) is 0 Å². The molecule has 6 heteroatoms. The zero-order chi connectivity index (χ0) is 23.8. The first kappa shape index (κ1) is 23.2. The van der Waals surface area contributed by atoms with Crippen LogP contribution in [0.5, 0.6) is 11.5 Å². The molecule has 0 saturated heterocycles. The van der Waals surface area contributed by atoms with Crippen molar-refractivity contribution in [2.24, 2.45) is 0 Å². The zero-order valence-electron chi connectivity index (χ0n) is 17.9. The molecule has 33 heavy (non-hydrogen) atoms. The van der Waals surface area contributed by atoms with E-state index in [0.717, 1.165) is 23.5 Å². The summed E-state index contributed by atoms with van der Waals surface area (Å²) in [5.41, 5.74) is 3.20. The lowest BCUT2D eigenvalue weighted by Crippen LogP contribution is -2.08. The Morgan fingerprint density at radius 1 is 0.848 bits per heavy atom. The zero-order valence-corrected chi connectivity index (χ0v) is 17.9. The monoisotopic (exact) mass is 444 g/mol.